The van der Waals surface area contributed by atoms with Crippen LogP contribution in [-0.2, 0) is 0 Å². The highest BCUT2D eigenvalue weighted by Gasteiger charge is 2.28. The van der Waals surface area contributed by atoms with Crippen molar-refractivity contribution in [1.82, 2.24) is 9.97 Å². The molecule has 2 atom stereocenters. The van der Waals surface area contributed by atoms with Crippen LogP contribution in [0.4, 0.5) is 16.2 Å². The van der Waals surface area contributed by atoms with Gasteiger partial charge in [0.25, 0.3) is 0 Å². The molecule has 0 radical (unpaired) electrons. The molecule has 1 aromatic heterocycles. The Morgan fingerprint density at radius 1 is 1.53 bits per heavy atom. The Morgan fingerprint density at radius 2 is 2.29 bits per heavy atom. The molecule has 2 unspecified atom stereocenters. The Kier molecular flexibility index (Phi) is 3.71. The first-order chi connectivity index (χ1) is 8.13. The van der Waals surface area contributed by atoms with Crippen LogP contribution in [-0.4, -0.2) is 40.6 Å². The SMILES string of the molecule is CNc1ncc(F)c(N2CCSC(C)C2C)n1. The molecule has 0 bridgehead atoms. The number of nitrogens with one attached hydrogen (secondary N) is 1. The molecule has 0 aromatic carbocycles. The molecule has 0 amide bonds. The lowest BCUT2D eigenvalue weighted by Gasteiger charge is -2.38. The average Bonchev–Trinajstić information content (AvgIpc) is 2.34. The number of thioether (sulfide) groups is 1. The molecular formula is C11H17FN4S. The van der Waals surface area contributed by atoms with E-state index in [2.05, 4.69) is 29.1 Å². The van der Waals surface area contributed by atoms with E-state index in [1.807, 2.05) is 16.7 Å². The van der Waals surface area contributed by atoms with Crippen molar-refractivity contribution in [3.05, 3.63) is 12.0 Å². The van der Waals surface area contributed by atoms with Crippen LogP contribution in [0.2, 0.25) is 0 Å². The smallest absolute Gasteiger partial charge is 0.224 e. The second-order valence-corrected chi connectivity index (χ2v) is 5.61. The molecule has 1 saturated heterocycles. The monoisotopic (exact) mass is 256 g/mol. The molecule has 1 aromatic rings. The van der Waals surface area contributed by atoms with Crippen molar-refractivity contribution in [3.63, 3.8) is 0 Å². The van der Waals surface area contributed by atoms with Gasteiger partial charge in [-0.1, -0.05) is 6.92 Å². The maximum absolute atomic E-state index is 13.8. The summed E-state index contributed by atoms with van der Waals surface area (Å²) in [6, 6.07) is 0.280. The minimum absolute atomic E-state index is 0.280. The maximum Gasteiger partial charge on any atom is 0.224 e. The minimum atomic E-state index is -0.352. The molecule has 1 N–H and O–H groups in total. The highest BCUT2D eigenvalue weighted by molar-refractivity contribution is 8.00. The lowest BCUT2D eigenvalue weighted by molar-refractivity contribution is 0.568. The molecular weight excluding hydrogens is 239 g/mol. The molecule has 0 saturated carbocycles. The van der Waals surface area contributed by atoms with E-state index in [4.69, 9.17) is 0 Å². The van der Waals surface area contributed by atoms with Gasteiger partial charge in [-0.05, 0) is 6.92 Å². The predicted octanol–water partition coefficient (Wildman–Crippen LogP) is 1.99. The van der Waals surface area contributed by atoms with Gasteiger partial charge in [0, 0.05) is 30.6 Å². The van der Waals surface area contributed by atoms with Crippen LogP contribution in [0.5, 0.6) is 0 Å². The summed E-state index contributed by atoms with van der Waals surface area (Å²) in [5.74, 6) is 1.52. The first-order valence-corrected chi connectivity index (χ1v) is 6.77. The van der Waals surface area contributed by atoms with E-state index >= 15 is 0 Å². The van der Waals surface area contributed by atoms with Crippen molar-refractivity contribution < 1.29 is 4.39 Å². The largest absolute Gasteiger partial charge is 0.357 e. The summed E-state index contributed by atoms with van der Waals surface area (Å²) in [6.07, 6.45) is 1.23. The van der Waals surface area contributed by atoms with Crippen LogP contribution in [0.1, 0.15) is 13.8 Å². The molecule has 94 valence electrons. The lowest BCUT2D eigenvalue weighted by atomic mass is 10.2. The van der Waals surface area contributed by atoms with Crippen LogP contribution in [0.3, 0.4) is 0 Å². The first-order valence-electron chi connectivity index (χ1n) is 5.72. The van der Waals surface area contributed by atoms with Crippen molar-refractivity contribution in [3.8, 4) is 0 Å². The molecule has 0 aliphatic carbocycles. The first kappa shape index (κ1) is 12.4. The highest BCUT2D eigenvalue weighted by atomic mass is 32.2. The molecule has 2 heterocycles. The summed E-state index contributed by atoms with van der Waals surface area (Å²) < 4.78 is 13.8. The van der Waals surface area contributed by atoms with Crippen LogP contribution < -0.4 is 10.2 Å². The van der Waals surface area contributed by atoms with E-state index in [-0.39, 0.29) is 11.9 Å². The summed E-state index contributed by atoms with van der Waals surface area (Å²) >= 11 is 1.92. The number of hydrogen-bond donors (Lipinski definition) is 1. The molecule has 0 spiro atoms. The predicted molar refractivity (Wildman–Crippen MR) is 70.3 cm³/mol. The second-order valence-electron chi connectivity index (χ2n) is 4.13. The van der Waals surface area contributed by atoms with Gasteiger partial charge in [0.15, 0.2) is 11.6 Å². The van der Waals surface area contributed by atoms with Gasteiger partial charge >= 0.3 is 0 Å². The summed E-state index contributed by atoms with van der Waals surface area (Å²) in [4.78, 5) is 10.1. The fourth-order valence-corrected chi connectivity index (χ4v) is 3.01. The van der Waals surface area contributed by atoms with E-state index in [0.29, 0.717) is 17.0 Å². The number of rotatable bonds is 2. The second kappa shape index (κ2) is 5.08. The van der Waals surface area contributed by atoms with Gasteiger partial charge in [0.1, 0.15) is 0 Å². The molecule has 17 heavy (non-hydrogen) atoms. The van der Waals surface area contributed by atoms with E-state index in [1.54, 1.807) is 7.05 Å². The van der Waals surface area contributed by atoms with Crippen molar-refractivity contribution in [2.24, 2.45) is 0 Å². The van der Waals surface area contributed by atoms with E-state index < -0.39 is 0 Å². The standard InChI is InChI=1S/C11H17FN4S/c1-7-8(2)17-5-4-16(7)10-9(12)6-14-11(13-3)15-10/h6-8H,4-5H2,1-3H3,(H,13,14,15). The Balaban J connectivity index is 2.31. The van der Waals surface area contributed by atoms with Gasteiger partial charge < -0.3 is 10.2 Å². The van der Waals surface area contributed by atoms with E-state index in [0.717, 1.165) is 12.3 Å². The maximum atomic E-state index is 13.8. The molecule has 2 rings (SSSR count). The number of halogens is 1. The number of aromatic nitrogens is 2. The van der Waals surface area contributed by atoms with Gasteiger partial charge in [0.05, 0.1) is 6.20 Å². The van der Waals surface area contributed by atoms with Crippen LogP contribution in [0.15, 0.2) is 6.20 Å². The molecule has 6 heteroatoms. The summed E-state index contributed by atoms with van der Waals surface area (Å²) in [6.45, 7) is 5.10. The number of anilines is 2. The Labute approximate surface area is 105 Å². The van der Waals surface area contributed by atoms with Crippen LogP contribution in [0, 0.1) is 5.82 Å². The number of nitrogens with zero attached hydrogens (tertiary/aromatic N) is 3. The van der Waals surface area contributed by atoms with Gasteiger partial charge in [-0.2, -0.15) is 16.7 Å². The molecule has 1 fully saturated rings. The lowest BCUT2D eigenvalue weighted by Crippen LogP contribution is -2.45. The van der Waals surface area contributed by atoms with Gasteiger partial charge in [-0.25, -0.2) is 9.37 Å². The zero-order chi connectivity index (χ0) is 12.4. The zero-order valence-electron chi connectivity index (χ0n) is 10.3. The Morgan fingerprint density at radius 3 is 3.00 bits per heavy atom. The van der Waals surface area contributed by atoms with Crippen molar-refractivity contribution in [2.75, 3.05) is 29.6 Å². The topological polar surface area (TPSA) is 41.1 Å². The summed E-state index contributed by atoms with van der Waals surface area (Å²) in [5, 5.41) is 3.32. The summed E-state index contributed by atoms with van der Waals surface area (Å²) in [7, 11) is 1.73. The fraction of sp³-hybridized carbons (Fsp3) is 0.636. The number of hydrogen-bond acceptors (Lipinski definition) is 5. The van der Waals surface area contributed by atoms with E-state index in [1.165, 1.54) is 6.20 Å². The van der Waals surface area contributed by atoms with Crippen LogP contribution in [0.25, 0.3) is 0 Å². The average molecular weight is 256 g/mol. The fourth-order valence-electron chi connectivity index (χ4n) is 1.91. The minimum Gasteiger partial charge on any atom is -0.357 e. The van der Waals surface area contributed by atoms with Crippen molar-refractivity contribution >= 4 is 23.5 Å². The van der Waals surface area contributed by atoms with E-state index in [9.17, 15) is 4.39 Å². The summed E-state index contributed by atoms with van der Waals surface area (Å²) in [5.41, 5.74) is 0. The third-order valence-corrected chi connectivity index (χ3v) is 4.44. The van der Waals surface area contributed by atoms with Crippen molar-refractivity contribution in [1.29, 1.82) is 0 Å². The highest BCUT2D eigenvalue weighted by Crippen LogP contribution is 2.29. The molecule has 4 nitrogen and oxygen atoms in total. The third-order valence-electron chi connectivity index (χ3n) is 3.11. The molecule has 1 aliphatic rings. The Bertz CT molecular complexity index is 401. The van der Waals surface area contributed by atoms with Gasteiger partial charge in [-0.15, -0.1) is 0 Å². The third kappa shape index (κ3) is 2.46. The molecule has 1 aliphatic heterocycles. The van der Waals surface area contributed by atoms with Crippen molar-refractivity contribution in [2.45, 2.75) is 25.1 Å². The normalized spacial score (nSPS) is 24.8. The van der Waals surface area contributed by atoms with Gasteiger partial charge in [-0.3, -0.25) is 0 Å². The van der Waals surface area contributed by atoms with Crippen LogP contribution >= 0.6 is 11.8 Å². The van der Waals surface area contributed by atoms with Gasteiger partial charge in [0.2, 0.25) is 5.95 Å². The Hall–Kier alpha value is -1.04. The zero-order valence-corrected chi connectivity index (χ0v) is 11.1. The quantitative estimate of drug-likeness (QED) is 0.876.